The van der Waals surface area contributed by atoms with E-state index in [2.05, 4.69) is 19.1 Å². The van der Waals surface area contributed by atoms with E-state index in [1.807, 2.05) is 19.1 Å². The third-order valence-electron chi connectivity index (χ3n) is 4.37. The number of carbonyl (C=O) groups is 1. The van der Waals surface area contributed by atoms with Gasteiger partial charge in [0.05, 0.1) is 0 Å². The van der Waals surface area contributed by atoms with E-state index in [1.165, 1.54) is 18.4 Å². The molecule has 1 aliphatic rings. The molecule has 0 radical (unpaired) electrons. The van der Waals surface area contributed by atoms with Crippen molar-refractivity contribution in [1.82, 2.24) is 0 Å². The molecule has 1 aliphatic carbocycles. The first kappa shape index (κ1) is 15.2. The smallest absolute Gasteiger partial charge is 0.194 e. The molecule has 0 bridgehead atoms. The minimum atomic E-state index is -0.570. The van der Waals surface area contributed by atoms with Crippen molar-refractivity contribution in [2.45, 2.75) is 64.4 Å². The number of ether oxygens (including phenoxy) is 1. The average molecular weight is 274 g/mol. The molecule has 1 saturated carbocycles. The molecule has 0 spiro atoms. The summed E-state index contributed by atoms with van der Waals surface area (Å²) in [6.07, 6.45) is 7.38. The quantitative estimate of drug-likeness (QED) is 0.581. The molecule has 1 fully saturated rings. The fraction of sp³-hybridized carbons (Fsp3) is 0.611. The number of benzene rings is 1. The van der Waals surface area contributed by atoms with E-state index in [9.17, 15) is 4.79 Å². The van der Waals surface area contributed by atoms with Gasteiger partial charge in [0, 0.05) is 12.2 Å². The Balaban J connectivity index is 2.24. The van der Waals surface area contributed by atoms with Gasteiger partial charge in [0.15, 0.2) is 5.78 Å². The lowest BCUT2D eigenvalue weighted by Gasteiger charge is -2.31. The van der Waals surface area contributed by atoms with Crippen LogP contribution in [-0.2, 0) is 11.2 Å². The predicted octanol–water partition coefficient (Wildman–Crippen LogP) is 4.56. The normalized spacial score (nSPS) is 18.5. The maximum Gasteiger partial charge on any atom is 0.194 e. The zero-order valence-corrected chi connectivity index (χ0v) is 12.8. The van der Waals surface area contributed by atoms with Crippen LogP contribution in [0.2, 0.25) is 0 Å². The zero-order chi connectivity index (χ0) is 14.4. The van der Waals surface area contributed by atoms with Crippen molar-refractivity contribution >= 4 is 5.78 Å². The second-order valence-corrected chi connectivity index (χ2v) is 5.72. The summed E-state index contributed by atoms with van der Waals surface area (Å²) in [5, 5.41) is 0. The number of Topliss-reactive ketones (excluding diaryl/α,β-unsaturated/α-hetero) is 1. The zero-order valence-electron chi connectivity index (χ0n) is 12.8. The highest BCUT2D eigenvalue weighted by Crippen LogP contribution is 2.33. The summed E-state index contributed by atoms with van der Waals surface area (Å²) in [4.78, 5) is 12.9. The van der Waals surface area contributed by atoms with Crippen molar-refractivity contribution in [2.75, 3.05) is 6.61 Å². The molecule has 0 atom stereocenters. The van der Waals surface area contributed by atoms with Gasteiger partial charge < -0.3 is 4.74 Å². The molecule has 110 valence electrons. The Morgan fingerprint density at radius 3 is 2.15 bits per heavy atom. The molecule has 0 saturated heterocycles. The third-order valence-corrected chi connectivity index (χ3v) is 4.37. The lowest BCUT2D eigenvalue weighted by Crippen LogP contribution is -2.41. The van der Waals surface area contributed by atoms with Crippen molar-refractivity contribution < 1.29 is 9.53 Å². The van der Waals surface area contributed by atoms with Gasteiger partial charge in [-0.2, -0.15) is 0 Å². The predicted molar refractivity (Wildman–Crippen MR) is 82.2 cm³/mol. The highest BCUT2D eigenvalue weighted by Gasteiger charge is 2.39. The van der Waals surface area contributed by atoms with Gasteiger partial charge in [-0.1, -0.05) is 56.9 Å². The summed E-state index contributed by atoms with van der Waals surface area (Å²) in [7, 11) is 0. The molecule has 0 aliphatic heterocycles. The number of hydrogen-bond donors (Lipinski definition) is 0. The number of hydrogen-bond acceptors (Lipinski definition) is 2. The van der Waals surface area contributed by atoms with Crippen LogP contribution < -0.4 is 0 Å². The van der Waals surface area contributed by atoms with Crippen LogP contribution in [0.3, 0.4) is 0 Å². The van der Waals surface area contributed by atoms with Crippen molar-refractivity contribution in [3.63, 3.8) is 0 Å². The molecule has 0 aromatic heterocycles. The van der Waals surface area contributed by atoms with Crippen LogP contribution in [-0.4, -0.2) is 18.0 Å². The average Bonchev–Trinajstić information content (AvgIpc) is 2.73. The van der Waals surface area contributed by atoms with E-state index >= 15 is 0 Å². The first-order chi connectivity index (χ1) is 9.72. The Morgan fingerprint density at radius 2 is 1.65 bits per heavy atom. The van der Waals surface area contributed by atoms with Crippen molar-refractivity contribution in [1.29, 1.82) is 0 Å². The molecule has 2 rings (SSSR count). The molecule has 20 heavy (non-hydrogen) atoms. The van der Waals surface area contributed by atoms with E-state index in [4.69, 9.17) is 4.74 Å². The fourth-order valence-corrected chi connectivity index (χ4v) is 3.17. The topological polar surface area (TPSA) is 26.3 Å². The molecule has 1 aromatic rings. The molecule has 0 unspecified atom stereocenters. The molecule has 1 aromatic carbocycles. The fourth-order valence-electron chi connectivity index (χ4n) is 3.17. The van der Waals surface area contributed by atoms with Gasteiger partial charge in [-0.25, -0.2) is 0 Å². The van der Waals surface area contributed by atoms with Gasteiger partial charge in [0.2, 0.25) is 0 Å². The second kappa shape index (κ2) is 7.03. The highest BCUT2D eigenvalue weighted by molar-refractivity contribution is 6.02. The van der Waals surface area contributed by atoms with Gasteiger partial charge in [0.1, 0.15) is 5.60 Å². The summed E-state index contributed by atoms with van der Waals surface area (Å²) < 4.78 is 5.97. The van der Waals surface area contributed by atoms with Crippen LogP contribution in [0.25, 0.3) is 0 Å². The van der Waals surface area contributed by atoms with Gasteiger partial charge in [-0.3, -0.25) is 4.79 Å². The van der Waals surface area contributed by atoms with E-state index in [-0.39, 0.29) is 5.78 Å². The van der Waals surface area contributed by atoms with Crippen molar-refractivity contribution in [3.05, 3.63) is 35.4 Å². The number of rotatable bonds is 5. The summed E-state index contributed by atoms with van der Waals surface area (Å²) in [5.74, 6) is 0.184. The van der Waals surface area contributed by atoms with E-state index < -0.39 is 5.60 Å². The monoisotopic (exact) mass is 274 g/mol. The Bertz CT molecular complexity index is 425. The molecule has 2 heteroatoms. The second-order valence-electron chi connectivity index (χ2n) is 5.72. The molecule has 0 heterocycles. The van der Waals surface area contributed by atoms with Crippen LogP contribution in [0.4, 0.5) is 0 Å². The Labute approximate surface area is 122 Å². The molecule has 2 nitrogen and oxygen atoms in total. The highest BCUT2D eigenvalue weighted by atomic mass is 16.5. The van der Waals surface area contributed by atoms with E-state index in [1.54, 1.807) is 0 Å². The first-order valence-corrected chi connectivity index (χ1v) is 7.99. The molecular formula is C18H26O2. The third kappa shape index (κ3) is 3.29. The van der Waals surface area contributed by atoms with Crippen molar-refractivity contribution in [2.24, 2.45) is 0 Å². The van der Waals surface area contributed by atoms with Crippen LogP contribution in [0.1, 0.15) is 68.3 Å². The largest absolute Gasteiger partial charge is 0.367 e. The summed E-state index contributed by atoms with van der Waals surface area (Å²) in [5.41, 5.74) is 1.50. The first-order valence-electron chi connectivity index (χ1n) is 7.99. The van der Waals surface area contributed by atoms with Gasteiger partial charge in [0.25, 0.3) is 0 Å². The lowest BCUT2D eigenvalue weighted by molar-refractivity contribution is -0.0292. The Hall–Kier alpha value is -1.15. The Morgan fingerprint density at radius 1 is 1.05 bits per heavy atom. The van der Waals surface area contributed by atoms with E-state index in [0.29, 0.717) is 6.61 Å². The minimum Gasteiger partial charge on any atom is -0.367 e. The maximum absolute atomic E-state index is 12.9. The van der Waals surface area contributed by atoms with Crippen LogP contribution in [0.15, 0.2) is 24.3 Å². The van der Waals surface area contributed by atoms with Gasteiger partial charge in [-0.15, -0.1) is 0 Å². The lowest BCUT2D eigenvalue weighted by atomic mass is 9.85. The summed E-state index contributed by atoms with van der Waals surface area (Å²) >= 11 is 0. The van der Waals surface area contributed by atoms with Gasteiger partial charge >= 0.3 is 0 Å². The molecular weight excluding hydrogens is 248 g/mol. The van der Waals surface area contributed by atoms with E-state index in [0.717, 1.165) is 37.7 Å². The SMILES string of the molecule is CCOC1(C(=O)c2ccc(CC)cc2)CCCCCC1. The van der Waals surface area contributed by atoms with Crippen LogP contribution in [0.5, 0.6) is 0 Å². The molecule has 0 amide bonds. The maximum atomic E-state index is 12.9. The minimum absolute atomic E-state index is 0.184. The van der Waals surface area contributed by atoms with Crippen LogP contribution >= 0.6 is 0 Å². The standard InChI is InChI=1S/C18H26O2/c1-3-15-9-11-16(12-10-15)17(19)18(20-4-2)13-7-5-6-8-14-18/h9-12H,3-8,13-14H2,1-2H3. The number of carbonyl (C=O) groups excluding carboxylic acids is 1. The van der Waals surface area contributed by atoms with Crippen LogP contribution in [0, 0.1) is 0 Å². The summed E-state index contributed by atoms with van der Waals surface area (Å²) in [6.45, 7) is 4.72. The number of aryl methyl sites for hydroxylation is 1. The van der Waals surface area contributed by atoms with Gasteiger partial charge in [-0.05, 0) is 31.7 Å². The summed E-state index contributed by atoms with van der Waals surface area (Å²) in [6, 6.07) is 8.05. The van der Waals surface area contributed by atoms with Crippen molar-refractivity contribution in [3.8, 4) is 0 Å². The number of ketones is 1. The Kier molecular flexibility index (Phi) is 5.36. The molecule has 0 N–H and O–H groups in total.